The van der Waals surface area contributed by atoms with E-state index in [1.807, 2.05) is 24.3 Å². The van der Waals surface area contributed by atoms with E-state index in [1.54, 1.807) is 0 Å². The topological polar surface area (TPSA) is 75.6 Å². The summed E-state index contributed by atoms with van der Waals surface area (Å²) in [6.45, 7) is 0.375. The molecule has 2 aliphatic heterocycles. The smallest absolute Gasteiger partial charge is 0.310 e. The van der Waals surface area contributed by atoms with Crippen molar-refractivity contribution in [1.82, 2.24) is 5.32 Å². The van der Waals surface area contributed by atoms with Crippen molar-refractivity contribution in [2.45, 2.75) is 31.6 Å². The van der Waals surface area contributed by atoms with Crippen molar-refractivity contribution < 1.29 is 19.4 Å². The number of ether oxygens (including phenoxy) is 1. The van der Waals surface area contributed by atoms with Gasteiger partial charge >= 0.3 is 5.97 Å². The molecule has 1 aromatic rings. The number of halogens is 1. The lowest BCUT2D eigenvalue weighted by molar-refractivity contribution is -0.147. The van der Waals surface area contributed by atoms with Gasteiger partial charge in [-0.2, -0.15) is 0 Å². The number of nitrogens with one attached hydrogen (secondary N) is 1. The minimum Gasteiger partial charge on any atom is -0.481 e. The Morgan fingerprint density at radius 3 is 2.57 bits per heavy atom. The summed E-state index contributed by atoms with van der Waals surface area (Å²) >= 11 is 3.43. The largest absolute Gasteiger partial charge is 0.481 e. The maximum Gasteiger partial charge on any atom is 0.310 e. The average Bonchev–Trinajstić information content (AvgIpc) is 3.06. The molecule has 2 bridgehead atoms. The molecule has 0 spiro atoms. The van der Waals surface area contributed by atoms with E-state index in [4.69, 9.17) is 4.74 Å². The highest BCUT2D eigenvalue weighted by molar-refractivity contribution is 9.10. The molecule has 2 fully saturated rings. The number of rotatable bonds is 4. The third kappa shape index (κ3) is 2.70. The van der Waals surface area contributed by atoms with Gasteiger partial charge in [-0.15, -0.1) is 0 Å². The van der Waals surface area contributed by atoms with E-state index in [-0.39, 0.29) is 18.1 Å². The van der Waals surface area contributed by atoms with Crippen LogP contribution in [0.1, 0.15) is 18.4 Å². The summed E-state index contributed by atoms with van der Waals surface area (Å²) in [5.74, 6) is -2.47. The molecule has 0 aromatic heterocycles. The van der Waals surface area contributed by atoms with Crippen molar-refractivity contribution in [2.24, 2.45) is 11.8 Å². The lowest BCUT2D eigenvalue weighted by atomic mass is 9.78. The van der Waals surface area contributed by atoms with Gasteiger partial charge in [0, 0.05) is 11.0 Å². The third-order valence-corrected chi connectivity index (χ3v) is 5.05. The third-order valence-electron chi connectivity index (χ3n) is 4.27. The predicted molar refractivity (Wildman–Crippen MR) is 78.5 cm³/mol. The fourth-order valence-corrected chi connectivity index (χ4v) is 3.69. The molecule has 0 saturated carbocycles. The summed E-state index contributed by atoms with van der Waals surface area (Å²) in [6, 6.07) is 7.62. The van der Waals surface area contributed by atoms with Crippen molar-refractivity contribution in [3.05, 3.63) is 34.3 Å². The van der Waals surface area contributed by atoms with Crippen molar-refractivity contribution in [3.63, 3.8) is 0 Å². The predicted octanol–water partition coefficient (Wildman–Crippen LogP) is 1.94. The lowest BCUT2D eigenvalue weighted by Gasteiger charge is -2.24. The highest BCUT2D eigenvalue weighted by Gasteiger charge is 2.55. The number of aliphatic carboxylic acids is 1. The van der Waals surface area contributed by atoms with Crippen LogP contribution in [0.4, 0.5) is 0 Å². The van der Waals surface area contributed by atoms with Crippen LogP contribution in [0.3, 0.4) is 0 Å². The second kappa shape index (κ2) is 5.77. The highest BCUT2D eigenvalue weighted by Crippen LogP contribution is 2.43. The van der Waals surface area contributed by atoms with Crippen LogP contribution in [0.15, 0.2) is 28.7 Å². The summed E-state index contributed by atoms with van der Waals surface area (Å²) in [7, 11) is 0. The monoisotopic (exact) mass is 353 g/mol. The second-order valence-electron chi connectivity index (χ2n) is 5.49. The fraction of sp³-hybridized carbons (Fsp3) is 0.467. The molecule has 2 N–H and O–H groups in total. The van der Waals surface area contributed by atoms with Gasteiger partial charge in [0.15, 0.2) is 0 Å². The standard InChI is InChI=1S/C15H16BrNO4/c16-9-4-2-1-3-8(9)7-17-14(18)12-10-5-6-11(21-10)13(12)15(19)20/h1-4,10-13H,5-7H2,(H,17,18)(H,19,20)/t10-,11+,12+,13+/m1/s1. The van der Waals surface area contributed by atoms with Crippen LogP contribution < -0.4 is 5.32 Å². The van der Waals surface area contributed by atoms with E-state index < -0.39 is 17.8 Å². The van der Waals surface area contributed by atoms with Gasteiger partial charge < -0.3 is 15.2 Å². The number of carboxylic acids is 1. The van der Waals surface area contributed by atoms with E-state index in [9.17, 15) is 14.7 Å². The number of carbonyl (C=O) groups excluding carboxylic acids is 1. The number of carboxylic acid groups (broad SMARTS) is 1. The van der Waals surface area contributed by atoms with Crippen molar-refractivity contribution in [1.29, 1.82) is 0 Å². The molecule has 0 unspecified atom stereocenters. The Kier molecular flexibility index (Phi) is 3.99. The molecule has 112 valence electrons. The molecular weight excluding hydrogens is 338 g/mol. The first kappa shape index (κ1) is 14.5. The number of amides is 1. The van der Waals surface area contributed by atoms with Gasteiger partial charge in [-0.1, -0.05) is 34.1 Å². The zero-order valence-corrected chi connectivity index (χ0v) is 12.9. The molecule has 3 rings (SSSR count). The van der Waals surface area contributed by atoms with Crippen LogP contribution in [-0.4, -0.2) is 29.2 Å². The van der Waals surface area contributed by atoms with Crippen LogP contribution in [0, 0.1) is 11.8 Å². The van der Waals surface area contributed by atoms with Crippen molar-refractivity contribution in [3.8, 4) is 0 Å². The quantitative estimate of drug-likeness (QED) is 0.867. The zero-order chi connectivity index (χ0) is 15.0. The Bertz CT molecular complexity index is 577. The van der Waals surface area contributed by atoms with E-state index in [0.717, 1.165) is 22.9 Å². The Labute approximate surface area is 130 Å². The average molecular weight is 354 g/mol. The summed E-state index contributed by atoms with van der Waals surface area (Å²) in [6.07, 6.45) is 0.930. The molecule has 6 heteroatoms. The highest BCUT2D eigenvalue weighted by atomic mass is 79.9. The van der Waals surface area contributed by atoms with E-state index in [1.165, 1.54) is 0 Å². The molecule has 2 heterocycles. The van der Waals surface area contributed by atoms with E-state index in [2.05, 4.69) is 21.2 Å². The van der Waals surface area contributed by atoms with Crippen molar-refractivity contribution in [2.75, 3.05) is 0 Å². The molecule has 5 nitrogen and oxygen atoms in total. The number of carbonyl (C=O) groups is 2. The molecular formula is C15H16BrNO4. The first-order valence-corrected chi connectivity index (χ1v) is 7.76. The van der Waals surface area contributed by atoms with Crippen LogP contribution in [-0.2, 0) is 20.9 Å². The Balaban J connectivity index is 1.68. The second-order valence-corrected chi connectivity index (χ2v) is 6.34. The molecule has 2 saturated heterocycles. The summed E-state index contributed by atoms with van der Waals surface area (Å²) in [5, 5.41) is 12.2. The van der Waals surface area contributed by atoms with Crippen LogP contribution in [0.25, 0.3) is 0 Å². The molecule has 1 aromatic carbocycles. The fourth-order valence-electron chi connectivity index (χ4n) is 3.27. The van der Waals surface area contributed by atoms with Gasteiger partial charge in [-0.05, 0) is 24.5 Å². The van der Waals surface area contributed by atoms with Gasteiger partial charge in [-0.3, -0.25) is 9.59 Å². The molecule has 21 heavy (non-hydrogen) atoms. The first-order valence-electron chi connectivity index (χ1n) is 6.97. The summed E-state index contributed by atoms with van der Waals surface area (Å²) in [4.78, 5) is 23.7. The van der Waals surface area contributed by atoms with Crippen LogP contribution in [0.5, 0.6) is 0 Å². The summed E-state index contributed by atoms with van der Waals surface area (Å²) in [5.41, 5.74) is 0.960. The first-order chi connectivity index (χ1) is 10.1. The molecule has 0 aliphatic carbocycles. The molecule has 4 atom stereocenters. The maximum absolute atomic E-state index is 12.4. The lowest BCUT2D eigenvalue weighted by Crippen LogP contribution is -2.43. The maximum atomic E-state index is 12.4. The summed E-state index contributed by atoms with van der Waals surface area (Å²) < 4.78 is 6.53. The minimum atomic E-state index is -0.941. The van der Waals surface area contributed by atoms with Gasteiger partial charge in [0.1, 0.15) is 0 Å². The molecule has 2 aliphatic rings. The van der Waals surface area contributed by atoms with Gasteiger partial charge in [0.25, 0.3) is 0 Å². The number of hydrogen-bond acceptors (Lipinski definition) is 3. The Morgan fingerprint density at radius 2 is 1.90 bits per heavy atom. The number of fused-ring (bicyclic) bond motifs is 2. The van der Waals surface area contributed by atoms with Crippen LogP contribution >= 0.6 is 15.9 Å². The van der Waals surface area contributed by atoms with Gasteiger partial charge in [0.2, 0.25) is 5.91 Å². The van der Waals surface area contributed by atoms with Crippen molar-refractivity contribution >= 4 is 27.8 Å². The number of hydrogen-bond donors (Lipinski definition) is 2. The Hall–Kier alpha value is -1.40. The molecule has 1 amide bonds. The van der Waals surface area contributed by atoms with Gasteiger partial charge in [0.05, 0.1) is 24.0 Å². The van der Waals surface area contributed by atoms with Crippen LogP contribution in [0.2, 0.25) is 0 Å². The normalized spacial score (nSPS) is 30.3. The zero-order valence-electron chi connectivity index (χ0n) is 11.3. The van der Waals surface area contributed by atoms with Gasteiger partial charge in [-0.25, -0.2) is 0 Å². The molecule has 0 radical (unpaired) electrons. The van der Waals surface area contributed by atoms with E-state index in [0.29, 0.717) is 6.54 Å². The Morgan fingerprint density at radius 1 is 1.24 bits per heavy atom. The minimum absolute atomic E-state index is 0.231. The van der Waals surface area contributed by atoms with E-state index >= 15 is 0 Å². The SMILES string of the molecule is O=C(O)[C@@H]1[C@@H](C(=O)NCc2ccccc2Br)[C@H]2CC[C@@H]1O2. The number of benzene rings is 1.